The standard InChI is InChI=1S/C31H40BN2.C29H36BN2.C28H36BN2.C27H34BN2/c1-22-25-16-10-11-18-27(25)30(31(2,3)4)32(5)34(22)29-21-24(20-23-14-8-7-9-15-23)26-17-12-13-19-28(26)33(29)6;1-20-22-15-9-10-17-24(22)28(29(2,3)4)30(5)32(20)27-19-25(21-13-7-8-14-21)23-16-11-12-18-26(23)31(27)6;1-19(2)17-21-18-26(30(8)25-16-12-11-14-23(21)25)31-20(3)22-13-9-10-15-24(22)27(29(31)7)28(4,5)6;1-18(2)23-17-25(29(8)24-16-12-11-14-21(23)24)30-19(3)20-13-9-10-15-22(20)26(28(30)7)27(4,5)6/h10-13,16-19,21,23H,7-9,14-15,20H2,1-6H3;9-12,15-19,21H,7-8,13-14H2,1-6H3;9-16,18-19H,17H2,1-8H3;9-18H,1-8H3/q4*+1. The number of para-hydroxylation sites is 4. The minimum atomic E-state index is 0.0879. The van der Waals surface area contributed by atoms with Crippen LogP contribution >= 0.6 is 0 Å². The lowest BCUT2D eigenvalue weighted by atomic mass is 9.47. The fourth-order valence-corrected chi connectivity index (χ4v) is 24.2. The molecule has 12 heteroatoms. The summed E-state index contributed by atoms with van der Waals surface area (Å²) < 4.78 is 9.60. The van der Waals surface area contributed by atoms with Gasteiger partial charge in [-0.05, 0) is 215 Å². The van der Waals surface area contributed by atoms with Crippen LogP contribution in [0.4, 0.5) is 23.3 Å². The summed E-state index contributed by atoms with van der Waals surface area (Å²) in [6.45, 7) is 57.3. The smallest absolute Gasteiger partial charge is 0.290 e. The van der Waals surface area contributed by atoms with Crippen molar-refractivity contribution in [1.82, 2.24) is 0 Å². The average Bonchev–Trinajstić information content (AvgIpc) is 0.821. The van der Waals surface area contributed by atoms with Crippen LogP contribution in [-0.4, -0.2) is 27.4 Å². The van der Waals surface area contributed by atoms with Gasteiger partial charge in [-0.3, -0.25) is 19.2 Å². The van der Waals surface area contributed by atoms with Gasteiger partial charge >= 0.3 is 27.4 Å². The topological polar surface area (TPSA) is 28.5 Å². The Labute approximate surface area is 763 Å². The first-order valence-electron chi connectivity index (χ1n) is 48.3. The number of rotatable bonds is 10. The Balaban J connectivity index is 0.000000131. The third-order valence-electron chi connectivity index (χ3n) is 29.5. The number of aromatic nitrogens is 4. The molecule has 0 bridgehead atoms. The number of pyridine rings is 4. The van der Waals surface area contributed by atoms with Crippen molar-refractivity contribution >= 4 is 139 Å². The lowest BCUT2D eigenvalue weighted by Gasteiger charge is -2.34. The zero-order chi connectivity index (χ0) is 90.9. The number of anilines is 4. The van der Waals surface area contributed by atoms with Gasteiger partial charge in [0.25, 0.3) is 23.3 Å². The molecule has 0 radical (unpaired) electrons. The lowest BCUT2D eigenvalue weighted by Crippen LogP contribution is -2.55. The van der Waals surface area contributed by atoms with E-state index in [9.17, 15) is 0 Å². The summed E-state index contributed by atoms with van der Waals surface area (Å²) >= 11 is 0. The van der Waals surface area contributed by atoms with Crippen molar-refractivity contribution in [2.75, 3.05) is 19.2 Å². The molecule has 4 aliphatic heterocycles. The first-order chi connectivity index (χ1) is 60.3. The Morgan fingerprint density at radius 2 is 0.583 bits per heavy atom. The van der Waals surface area contributed by atoms with Gasteiger partial charge in [0.1, 0.15) is 22.1 Å². The Kier molecular flexibility index (Phi) is 26.2. The molecule has 0 unspecified atom stereocenters. The van der Waals surface area contributed by atoms with Gasteiger partial charge in [0.15, 0.2) is 0 Å². The zero-order valence-corrected chi connectivity index (χ0v) is 82.8. The van der Waals surface area contributed by atoms with Crippen molar-refractivity contribution < 1.29 is 18.3 Å². The molecular formula is C115H146B4N8+4. The van der Waals surface area contributed by atoms with Crippen molar-refractivity contribution in [3.05, 3.63) is 282 Å². The molecule has 0 spiro atoms. The molecule has 0 saturated heterocycles. The van der Waals surface area contributed by atoms with Crippen molar-refractivity contribution in [3.8, 4) is 0 Å². The van der Waals surface area contributed by atoms with Crippen molar-refractivity contribution in [3.63, 3.8) is 0 Å². The highest BCUT2D eigenvalue weighted by Gasteiger charge is 2.48. The minimum absolute atomic E-state index is 0.0879. The molecule has 8 aromatic carbocycles. The Hall–Kier alpha value is -10.2. The quantitative estimate of drug-likeness (QED) is 0.101. The van der Waals surface area contributed by atoms with Crippen LogP contribution in [0.25, 0.3) is 88.3 Å². The van der Waals surface area contributed by atoms with E-state index in [1.165, 1.54) is 234 Å². The molecule has 18 rings (SSSR count). The molecule has 2 saturated carbocycles. The van der Waals surface area contributed by atoms with E-state index < -0.39 is 0 Å². The number of aryl methyl sites for hydroxylation is 4. The van der Waals surface area contributed by atoms with Crippen molar-refractivity contribution in [2.45, 2.75) is 248 Å². The molecule has 0 N–H and O–H groups in total. The molecule has 654 valence electrons. The largest absolute Gasteiger partial charge is 0.406 e. The molecule has 0 amide bonds. The number of hydrogen-bond donors (Lipinski definition) is 0. The molecule has 8 heterocycles. The maximum atomic E-state index is 2.61. The second-order valence-electron chi connectivity index (χ2n) is 43.1. The highest BCUT2D eigenvalue weighted by Crippen LogP contribution is 2.44. The first kappa shape index (κ1) is 91.6. The number of hydrogen-bond acceptors (Lipinski definition) is 4. The summed E-state index contributed by atoms with van der Waals surface area (Å²) in [4.78, 5) is 10.3. The van der Waals surface area contributed by atoms with Gasteiger partial charge < -0.3 is 0 Å². The Bertz CT molecular complexity index is 6800. The molecule has 12 aromatic rings. The van der Waals surface area contributed by atoms with Crippen LogP contribution in [0.3, 0.4) is 0 Å². The predicted molar refractivity (Wildman–Crippen MR) is 552 cm³/mol. The molecule has 2 aliphatic carbocycles. The lowest BCUT2D eigenvalue weighted by molar-refractivity contribution is -0.631. The fraction of sp³-hybridized carbons (Fsp3) is 0.409. The highest BCUT2D eigenvalue weighted by atomic mass is 15.2. The summed E-state index contributed by atoms with van der Waals surface area (Å²) in [6, 6.07) is 81.4. The normalized spacial score (nSPS) is 16.1. The van der Waals surface area contributed by atoms with E-state index in [1.807, 2.05) is 0 Å². The van der Waals surface area contributed by atoms with E-state index in [4.69, 9.17) is 0 Å². The number of fused-ring (bicyclic) bond motifs is 8. The van der Waals surface area contributed by atoms with Gasteiger partial charge in [-0.2, -0.15) is 0 Å². The molecule has 0 atom stereocenters. The molecule has 127 heavy (non-hydrogen) atoms. The summed E-state index contributed by atoms with van der Waals surface area (Å²) in [6.07, 6.45) is 14.6. The van der Waals surface area contributed by atoms with E-state index in [2.05, 4.69) is 450 Å². The molecular weight excluding hydrogens is 1540 g/mol. The number of benzene rings is 8. The minimum Gasteiger partial charge on any atom is -0.290 e. The van der Waals surface area contributed by atoms with Crippen LogP contribution in [0.1, 0.15) is 230 Å². The van der Waals surface area contributed by atoms with E-state index in [-0.39, 0.29) is 35.4 Å². The van der Waals surface area contributed by atoms with Gasteiger partial charge in [0.05, 0.1) is 51.0 Å². The van der Waals surface area contributed by atoms with Crippen LogP contribution in [0, 0.1) is 33.5 Å². The van der Waals surface area contributed by atoms with Gasteiger partial charge in [0.2, 0.25) is 0 Å². The van der Waals surface area contributed by atoms with Crippen molar-refractivity contribution in [1.29, 1.82) is 0 Å². The van der Waals surface area contributed by atoms with E-state index in [0.717, 1.165) is 12.3 Å². The third kappa shape index (κ3) is 17.5. The molecule has 4 aromatic heterocycles. The Morgan fingerprint density at radius 3 is 0.921 bits per heavy atom. The van der Waals surface area contributed by atoms with Crippen LogP contribution in [0.5, 0.6) is 0 Å². The van der Waals surface area contributed by atoms with Gasteiger partial charge in [0, 0.05) is 66.7 Å². The highest BCUT2D eigenvalue weighted by molar-refractivity contribution is 6.83. The Morgan fingerprint density at radius 1 is 0.315 bits per heavy atom. The predicted octanol–water partition coefficient (Wildman–Crippen LogP) is 20.8. The van der Waals surface area contributed by atoms with E-state index >= 15 is 0 Å². The van der Waals surface area contributed by atoms with Gasteiger partial charge in [-0.25, -0.2) is 18.3 Å². The number of nitrogens with zero attached hydrogens (tertiary/aromatic N) is 8. The van der Waals surface area contributed by atoms with Crippen LogP contribution in [-0.2, 0) is 41.0 Å². The molecule has 6 aliphatic rings. The SMILES string of the molecule is CB1C(C(C)(C)C)=c2ccccc2=C(C)N1c1cc(C(C)C)c2ccccc2[n+]1C.CB1C(C(C)(C)C)=c2ccccc2=C(C)N1c1cc(C2CCCC2)c2ccccc2[n+]1C.CB1C(C(C)(C)C)=c2ccccc2=C(C)N1c1cc(CC(C)C)c2ccccc2[n+]1C.CB1C(C(C)(C)C)=c2ccccc2=C(C)N1c1cc(CC2CCCCC2)c2ccccc2[n+]1C. The third-order valence-corrected chi connectivity index (χ3v) is 29.5. The fourth-order valence-electron chi connectivity index (χ4n) is 24.2. The van der Waals surface area contributed by atoms with E-state index in [1.54, 1.807) is 5.56 Å². The van der Waals surface area contributed by atoms with Gasteiger partial charge in [-0.1, -0.05) is 326 Å². The first-order valence-corrected chi connectivity index (χ1v) is 48.3. The maximum absolute atomic E-state index is 2.61. The summed E-state index contributed by atoms with van der Waals surface area (Å²) in [5.41, 5.74) is 23.0. The van der Waals surface area contributed by atoms with Crippen LogP contribution in [0.2, 0.25) is 27.3 Å². The summed E-state index contributed by atoms with van der Waals surface area (Å²) in [5.74, 6) is 7.74. The monoisotopic (exact) mass is 1680 g/mol. The maximum Gasteiger partial charge on any atom is 0.406 e. The molecule has 2 fully saturated rings. The molecule has 8 nitrogen and oxygen atoms in total. The second kappa shape index (κ2) is 36.4. The van der Waals surface area contributed by atoms with E-state index in [0.29, 0.717) is 31.4 Å². The second-order valence-corrected chi connectivity index (χ2v) is 43.1. The zero-order valence-electron chi connectivity index (χ0n) is 82.8. The van der Waals surface area contributed by atoms with Crippen LogP contribution < -0.4 is 79.3 Å². The summed E-state index contributed by atoms with van der Waals surface area (Å²) in [5, 5.41) is 16.6. The average molecular weight is 1680 g/mol. The van der Waals surface area contributed by atoms with Gasteiger partial charge in [-0.15, -0.1) is 0 Å². The summed E-state index contributed by atoms with van der Waals surface area (Å²) in [7, 11) is 8.92. The van der Waals surface area contributed by atoms with Crippen LogP contribution in [0.15, 0.2) is 218 Å². The van der Waals surface area contributed by atoms with Crippen molar-refractivity contribution in [2.24, 2.45) is 61.7 Å².